The van der Waals surface area contributed by atoms with E-state index in [0.717, 1.165) is 25.2 Å². The maximum Gasteiger partial charge on any atom is 0.153 e. The predicted octanol–water partition coefficient (Wildman–Crippen LogP) is 0.711. The van der Waals surface area contributed by atoms with Crippen molar-refractivity contribution in [3.8, 4) is 0 Å². The quantitative estimate of drug-likeness (QED) is 0.740. The van der Waals surface area contributed by atoms with Crippen molar-refractivity contribution >= 4 is 12.1 Å². The van der Waals surface area contributed by atoms with Gasteiger partial charge in [0, 0.05) is 25.2 Å². The number of aldehydes is 1. The van der Waals surface area contributed by atoms with Crippen LogP contribution in [0.4, 0.5) is 5.82 Å². The molecule has 0 saturated carbocycles. The average molecular weight is 206 g/mol. The number of aromatic nitrogens is 1. The van der Waals surface area contributed by atoms with E-state index in [-0.39, 0.29) is 6.10 Å². The summed E-state index contributed by atoms with van der Waals surface area (Å²) in [5.74, 6) is 1.02. The third kappa shape index (κ3) is 1.85. The van der Waals surface area contributed by atoms with Gasteiger partial charge in [-0.2, -0.15) is 0 Å². The fraction of sp³-hybridized carbons (Fsp3) is 0.455. The van der Waals surface area contributed by atoms with Crippen LogP contribution >= 0.6 is 0 Å². The van der Waals surface area contributed by atoms with Gasteiger partial charge in [0.2, 0.25) is 0 Å². The highest BCUT2D eigenvalue weighted by atomic mass is 16.3. The Bertz CT molecular complexity index is 359. The molecule has 0 radical (unpaired) electrons. The monoisotopic (exact) mass is 206 g/mol. The molecule has 1 atom stereocenters. The van der Waals surface area contributed by atoms with E-state index in [2.05, 4.69) is 4.98 Å². The lowest BCUT2D eigenvalue weighted by molar-refractivity contribution is 0.107. The number of hydrogen-bond acceptors (Lipinski definition) is 4. The Morgan fingerprint density at radius 3 is 3.00 bits per heavy atom. The summed E-state index contributed by atoms with van der Waals surface area (Å²) in [5.41, 5.74) is 0.613. The summed E-state index contributed by atoms with van der Waals surface area (Å²) in [7, 11) is 0. The smallest absolute Gasteiger partial charge is 0.153 e. The molecule has 1 aliphatic heterocycles. The van der Waals surface area contributed by atoms with Crippen LogP contribution < -0.4 is 4.90 Å². The van der Waals surface area contributed by atoms with Gasteiger partial charge in [0.25, 0.3) is 0 Å². The van der Waals surface area contributed by atoms with Gasteiger partial charge in [0.15, 0.2) is 6.29 Å². The van der Waals surface area contributed by atoms with Gasteiger partial charge in [-0.25, -0.2) is 4.98 Å². The molecule has 1 aromatic heterocycles. The van der Waals surface area contributed by atoms with E-state index >= 15 is 0 Å². The van der Waals surface area contributed by atoms with E-state index in [1.807, 2.05) is 4.90 Å². The topological polar surface area (TPSA) is 53.4 Å². The van der Waals surface area contributed by atoms with Gasteiger partial charge in [-0.3, -0.25) is 4.79 Å². The summed E-state index contributed by atoms with van der Waals surface area (Å²) >= 11 is 0. The van der Waals surface area contributed by atoms with Crippen LogP contribution in [0.25, 0.3) is 0 Å². The van der Waals surface area contributed by atoms with Crippen molar-refractivity contribution in [1.82, 2.24) is 4.98 Å². The fourth-order valence-electron chi connectivity index (χ4n) is 1.76. The minimum atomic E-state index is -0.287. The molecule has 1 N–H and O–H groups in total. The zero-order valence-corrected chi connectivity index (χ0v) is 8.63. The summed E-state index contributed by atoms with van der Waals surface area (Å²) in [6.45, 7) is 3.34. The predicted molar refractivity (Wildman–Crippen MR) is 57.0 cm³/mol. The highest BCUT2D eigenvalue weighted by Crippen LogP contribution is 2.26. The Hall–Kier alpha value is -1.42. The van der Waals surface area contributed by atoms with Gasteiger partial charge >= 0.3 is 0 Å². The first-order valence-electron chi connectivity index (χ1n) is 5.05. The normalized spacial score (nSPS) is 18.4. The summed E-state index contributed by atoms with van der Waals surface area (Å²) in [6, 6.07) is 3.50. The number of hydrogen-bond donors (Lipinski definition) is 1. The van der Waals surface area contributed by atoms with Crippen molar-refractivity contribution in [3.63, 3.8) is 0 Å². The number of aliphatic hydroxyl groups excluding tert-OH is 1. The molecule has 4 nitrogen and oxygen atoms in total. The summed E-state index contributed by atoms with van der Waals surface area (Å²) in [6.07, 6.45) is 2.21. The molecule has 80 valence electrons. The summed E-state index contributed by atoms with van der Waals surface area (Å²) in [5, 5.41) is 9.35. The largest absolute Gasteiger partial charge is 0.393 e. The highest BCUT2D eigenvalue weighted by molar-refractivity contribution is 5.82. The van der Waals surface area contributed by atoms with Crippen LogP contribution in [0.2, 0.25) is 0 Å². The Kier molecular flexibility index (Phi) is 2.68. The van der Waals surface area contributed by atoms with Crippen LogP contribution in [-0.2, 0) is 0 Å². The molecule has 1 fully saturated rings. The Morgan fingerprint density at radius 2 is 2.40 bits per heavy atom. The van der Waals surface area contributed by atoms with Crippen molar-refractivity contribution in [2.75, 3.05) is 18.0 Å². The number of aliphatic hydroxyl groups is 1. The number of anilines is 1. The number of carbonyl (C=O) groups is 1. The van der Waals surface area contributed by atoms with Gasteiger partial charge in [-0.1, -0.05) is 0 Å². The Morgan fingerprint density at radius 1 is 1.67 bits per heavy atom. The second kappa shape index (κ2) is 3.98. The van der Waals surface area contributed by atoms with E-state index in [1.165, 1.54) is 0 Å². The molecule has 15 heavy (non-hydrogen) atoms. The molecule has 0 bridgehead atoms. The van der Waals surface area contributed by atoms with Crippen molar-refractivity contribution in [3.05, 3.63) is 23.9 Å². The molecule has 1 aromatic rings. The number of nitrogens with zero attached hydrogens (tertiary/aromatic N) is 2. The van der Waals surface area contributed by atoms with Crippen molar-refractivity contribution in [1.29, 1.82) is 0 Å². The van der Waals surface area contributed by atoms with Crippen molar-refractivity contribution < 1.29 is 9.90 Å². The van der Waals surface area contributed by atoms with Gasteiger partial charge in [0.05, 0.1) is 11.7 Å². The Labute approximate surface area is 88.6 Å². The van der Waals surface area contributed by atoms with Crippen molar-refractivity contribution in [2.45, 2.75) is 13.0 Å². The zero-order valence-electron chi connectivity index (χ0n) is 8.63. The van der Waals surface area contributed by atoms with E-state index in [1.54, 1.807) is 25.3 Å². The number of carbonyl (C=O) groups excluding carboxylic acids is 1. The minimum absolute atomic E-state index is 0.287. The van der Waals surface area contributed by atoms with E-state index in [4.69, 9.17) is 0 Å². The second-order valence-electron chi connectivity index (χ2n) is 3.94. The van der Waals surface area contributed by atoms with Crippen LogP contribution in [0.3, 0.4) is 0 Å². The van der Waals surface area contributed by atoms with Gasteiger partial charge in [0.1, 0.15) is 5.82 Å². The lowest BCUT2D eigenvalue weighted by Gasteiger charge is -2.42. The first kappa shape index (κ1) is 10.1. The molecular formula is C11H14N2O2. The maximum absolute atomic E-state index is 10.8. The van der Waals surface area contributed by atoms with Gasteiger partial charge in [-0.05, 0) is 19.1 Å². The van der Waals surface area contributed by atoms with Gasteiger partial charge < -0.3 is 10.0 Å². The molecule has 2 heterocycles. The lowest BCUT2D eigenvalue weighted by atomic mass is 9.94. The molecule has 0 spiro atoms. The molecular weight excluding hydrogens is 192 g/mol. The SMILES string of the molecule is C[C@H](O)C1CN(c2ncccc2C=O)C1. The third-order valence-corrected chi connectivity index (χ3v) is 2.84. The molecule has 4 heteroatoms. The number of pyridine rings is 1. The van der Waals surface area contributed by atoms with Crippen LogP contribution in [0.1, 0.15) is 17.3 Å². The summed E-state index contributed by atoms with van der Waals surface area (Å²) < 4.78 is 0. The number of rotatable bonds is 3. The fourth-order valence-corrected chi connectivity index (χ4v) is 1.76. The van der Waals surface area contributed by atoms with Crippen LogP contribution in [0.5, 0.6) is 0 Å². The van der Waals surface area contributed by atoms with Crippen LogP contribution in [0, 0.1) is 5.92 Å². The molecule has 0 amide bonds. The van der Waals surface area contributed by atoms with Crippen molar-refractivity contribution in [2.24, 2.45) is 5.92 Å². The minimum Gasteiger partial charge on any atom is -0.393 e. The maximum atomic E-state index is 10.8. The van der Waals surface area contributed by atoms with Gasteiger partial charge in [-0.15, -0.1) is 0 Å². The standard InChI is InChI=1S/C11H14N2O2/c1-8(15)10-5-13(6-10)11-9(7-14)3-2-4-12-11/h2-4,7-8,10,15H,5-6H2,1H3/t8-/m0/s1. The third-order valence-electron chi connectivity index (χ3n) is 2.84. The molecule has 2 rings (SSSR count). The average Bonchev–Trinajstić information content (AvgIpc) is 2.15. The van der Waals surface area contributed by atoms with E-state index in [9.17, 15) is 9.90 Å². The molecule has 1 saturated heterocycles. The highest BCUT2D eigenvalue weighted by Gasteiger charge is 2.31. The molecule has 1 aliphatic rings. The Balaban J connectivity index is 2.09. The van der Waals surface area contributed by atoms with E-state index < -0.39 is 0 Å². The zero-order chi connectivity index (χ0) is 10.8. The molecule has 0 aliphatic carbocycles. The van der Waals surface area contributed by atoms with Crippen LogP contribution in [0.15, 0.2) is 18.3 Å². The van der Waals surface area contributed by atoms with Crippen LogP contribution in [-0.4, -0.2) is 35.6 Å². The lowest BCUT2D eigenvalue weighted by Crippen LogP contribution is -2.51. The van der Waals surface area contributed by atoms with E-state index in [0.29, 0.717) is 11.5 Å². The molecule has 0 aromatic carbocycles. The second-order valence-corrected chi connectivity index (χ2v) is 3.94. The first-order valence-corrected chi connectivity index (χ1v) is 5.05. The first-order chi connectivity index (χ1) is 7.22. The summed E-state index contributed by atoms with van der Waals surface area (Å²) in [4.78, 5) is 17.0. The molecule has 0 unspecified atom stereocenters.